The number of nitrogens with zero attached hydrogens (tertiary/aromatic N) is 2. The summed E-state index contributed by atoms with van der Waals surface area (Å²) in [4.78, 5) is 25.6. The van der Waals surface area contributed by atoms with Gasteiger partial charge in [-0.15, -0.1) is 0 Å². The van der Waals surface area contributed by atoms with Crippen LogP contribution in [-0.4, -0.2) is 37.3 Å². The number of urea groups is 1. The molecule has 132 valence electrons. The largest absolute Gasteiger partial charge is 0.447 e. The lowest BCUT2D eigenvalue weighted by Crippen LogP contribution is -2.50. The number of nitrogens with one attached hydrogen (secondary N) is 1. The van der Waals surface area contributed by atoms with E-state index < -0.39 is 18.2 Å². The predicted molar refractivity (Wildman–Crippen MR) is 91.1 cm³/mol. The number of hydrogen-bond acceptors (Lipinski definition) is 5. The van der Waals surface area contributed by atoms with Gasteiger partial charge < -0.3 is 14.8 Å². The number of ether oxygens (including phenoxy) is 2. The first-order valence-electron chi connectivity index (χ1n) is 7.21. The van der Waals surface area contributed by atoms with E-state index in [2.05, 4.69) is 5.32 Å². The van der Waals surface area contributed by atoms with Crippen molar-refractivity contribution >= 4 is 35.3 Å². The Bertz CT molecular complexity index is 753. The highest BCUT2D eigenvalue weighted by Gasteiger charge is 2.40. The SMILES string of the molecule is COCCOC(=O)N1C(=O)NC(C)=C(C#N)C1c1cc(Cl)cc(Cl)c1. The maximum Gasteiger partial charge on any atom is 0.418 e. The molecule has 3 amide bonds. The lowest BCUT2D eigenvalue weighted by atomic mass is 9.95. The summed E-state index contributed by atoms with van der Waals surface area (Å²) < 4.78 is 9.85. The molecule has 1 unspecified atom stereocenters. The van der Waals surface area contributed by atoms with Crippen molar-refractivity contribution in [2.24, 2.45) is 0 Å². The summed E-state index contributed by atoms with van der Waals surface area (Å²) in [5.74, 6) is 0. The molecule has 0 aromatic heterocycles. The summed E-state index contributed by atoms with van der Waals surface area (Å²) in [7, 11) is 1.46. The molecule has 2 rings (SSSR count). The van der Waals surface area contributed by atoms with Crippen LogP contribution in [0, 0.1) is 11.3 Å². The highest BCUT2D eigenvalue weighted by Crippen LogP contribution is 2.36. The van der Waals surface area contributed by atoms with Crippen LogP contribution in [0.15, 0.2) is 29.5 Å². The molecule has 1 aromatic carbocycles. The summed E-state index contributed by atoms with van der Waals surface area (Å²) >= 11 is 12.1. The predicted octanol–water partition coefficient (Wildman–Crippen LogP) is 3.64. The minimum atomic E-state index is -0.995. The number of carbonyl (C=O) groups is 2. The van der Waals surface area contributed by atoms with E-state index in [1.807, 2.05) is 6.07 Å². The maximum absolute atomic E-state index is 12.4. The van der Waals surface area contributed by atoms with Crippen molar-refractivity contribution < 1.29 is 19.1 Å². The third-order valence-corrected chi connectivity index (χ3v) is 3.92. The standard InChI is InChI=1S/C16H15Cl2N3O4/c1-9-13(8-19)14(10-5-11(17)7-12(18)6-10)21(15(22)20-9)16(23)25-4-3-24-2/h5-7,14H,3-4H2,1-2H3,(H,20,22). The molecule has 0 radical (unpaired) electrons. The van der Waals surface area contributed by atoms with E-state index in [-0.39, 0.29) is 18.8 Å². The first kappa shape index (κ1) is 19.1. The highest BCUT2D eigenvalue weighted by atomic mass is 35.5. The van der Waals surface area contributed by atoms with Gasteiger partial charge in [0.15, 0.2) is 0 Å². The molecule has 1 aliphatic heterocycles. The molecule has 0 bridgehead atoms. The van der Waals surface area contributed by atoms with Crippen molar-refractivity contribution in [2.75, 3.05) is 20.3 Å². The molecule has 0 saturated carbocycles. The molecular formula is C16H15Cl2N3O4. The number of hydrogen-bond donors (Lipinski definition) is 1. The van der Waals surface area contributed by atoms with E-state index in [0.29, 0.717) is 21.3 Å². The second-order valence-corrected chi connectivity index (χ2v) is 6.04. The number of nitriles is 1. The van der Waals surface area contributed by atoms with Crippen LogP contribution in [0.1, 0.15) is 18.5 Å². The quantitative estimate of drug-likeness (QED) is 0.801. The molecule has 0 saturated heterocycles. The van der Waals surface area contributed by atoms with Gasteiger partial charge in [0.05, 0.1) is 18.2 Å². The van der Waals surface area contributed by atoms with Gasteiger partial charge in [-0.2, -0.15) is 5.26 Å². The van der Waals surface area contributed by atoms with E-state index in [1.165, 1.54) is 25.3 Å². The number of benzene rings is 1. The van der Waals surface area contributed by atoms with E-state index in [0.717, 1.165) is 4.90 Å². The van der Waals surface area contributed by atoms with Gasteiger partial charge >= 0.3 is 12.1 Å². The van der Waals surface area contributed by atoms with Crippen molar-refractivity contribution in [2.45, 2.75) is 13.0 Å². The van der Waals surface area contributed by atoms with Crippen LogP contribution in [0.4, 0.5) is 9.59 Å². The third kappa shape index (κ3) is 4.23. The Hall–Kier alpha value is -2.27. The number of methoxy groups -OCH3 is 1. The van der Waals surface area contributed by atoms with Gasteiger partial charge in [-0.3, -0.25) is 0 Å². The van der Waals surface area contributed by atoms with E-state index in [1.54, 1.807) is 6.92 Å². The smallest absolute Gasteiger partial charge is 0.418 e. The van der Waals surface area contributed by atoms with Crippen LogP contribution in [0.5, 0.6) is 0 Å². The van der Waals surface area contributed by atoms with Crippen molar-refractivity contribution in [3.8, 4) is 6.07 Å². The van der Waals surface area contributed by atoms with Gasteiger partial charge in [0.25, 0.3) is 0 Å². The first-order valence-corrected chi connectivity index (χ1v) is 7.97. The van der Waals surface area contributed by atoms with Crippen LogP contribution in [-0.2, 0) is 9.47 Å². The molecule has 1 aliphatic rings. The fourth-order valence-corrected chi connectivity index (χ4v) is 2.95. The number of allylic oxidation sites excluding steroid dienone is 1. The molecule has 1 N–H and O–H groups in total. The second-order valence-electron chi connectivity index (χ2n) is 5.16. The average molecular weight is 384 g/mol. The van der Waals surface area contributed by atoms with Gasteiger partial charge in [0, 0.05) is 22.9 Å². The molecule has 9 heteroatoms. The second kappa shape index (κ2) is 8.21. The number of carbonyl (C=O) groups excluding carboxylic acids is 2. The summed E-state index contributed by atoms with van der Waals surface area (Å²) in [5, 5.41) is 12.6. The Balaban J connectivity index is 2.49. The van der Waals surface area contributed by atoms with Gasteiger partial charge in [-0.25, -0.2) is 14.5 Å². The van der Waals surface area contributed by atoms with E-state index in [9.17, 15) is 14.9 Å². The maximum atomic E-state index is 12.4. The number of amides is 3. The summed E-state index contributed by atoms with van der Waals surface area (Å²) in [5.41, 5.74) is 0.947. The van der Waals surface area contributed by atoms with Crippen molar-refractivity contribution in [3.63, 3.8) is 0 Å². The monoisotopic (exact) mass is 383 g/mol. The summed E-state index contributed by atoms with van der Waals surface area (Å²) in [6.45, 7) is 1.71. The Morgan fingerprint density at radius 2 is 1.96 bits per heavy atom. The molecule has 25 heavy (non-hydrogen) atoms. The van der Waals surface area contributed by atoms with Crippen LogP contribution < -0.4 is 5.32 Å². The molecule has 1 atom stereocenters. The van der Waals surface area contributed by atoms with Crippen LogP contribution in [0.3, 0.4) is 0 Å². The van der Waals surface area contributed by atoms with Crippen molar-refractivity contribution in [1.82, 2.24) is 10.2 Å². The molecular weight excluding hydrogens is 369 g/mol. The van der Waals surface area contributed by atoms with Crippen LogP contribution in [0.2, 0.25) is 10.0 Å². The molecule has 0 spiro atoms. The van der Waals surface area contributed by atoms with Crippen LogP contribution >= 0.6 is 23.2 Å². The highest BCUT2D eigenvalue weighted by molar-refractivity contribution is 6.34. The molecule has 0 fully saturated rings. The lowest BCUT2D eigenvalue weighted by Gasteiger charge is -2.34. The van der Waals surface area contributed by atoms with E-state index >= 15 is 0 Å². The van der Waals surface area contributed by atoms with E-state index in [4.69, 9.17) is 32.7 Å². The molecule has 0 aliphatic carbocycles. The van der Waals surface area contributed by atoms with Gasteiger partial charge in [-0.1, -0.05) is 23.2 Å². The minimum Gasteiger partial charge on any atom is -0.447 e. The Kier molecular flexibility index (Phi) is 6.26. The lowest BCUT2D eigenvalue weighted by molar-refractivity contribution is 0.0718. The zero-order chi connectivity index (χ0) is 18.6. The van der Waals surface area contributed by atoms with Crippen molar-refractivity contribution in [1.29, 1.82) is 5.26 Å². The number of halogens is 2. The number of rotatable bonds is 4. The fourth-order valence-electron chi connectivity index (χ4n) is 2.40. The van der Waals surface area contributed by atoms with Gasteiger partial charge in [0.1, 0.15) is 12.6 Å². The minimum absolute atomic E-state index is 0.0350. The zero-order valence-corrected chi connectivity index (χ0v) is 15.0. The van der Waals surface area contributed by atoms with Crippen molar-refractivity contribution in [3.05, 3.63) is 45.1 Å². The zero-order valence-electron chi connectivity index (χ0n) is 13.5. The molecule has 1 heterocycles. The summed E-state index contributed by atoms with van der Waals surface area (Å²) in [6.07, 6.45) is -0.907. The third-order valence-electron chi connectivity index (χ3n) is 3.48. The summed E-state index contributed by atoms with van der Waals surface area (Å²) in [6, 6.07) is 4.90. The molecule has 7 nitrogen and oxygen atoms in total. The topological polar surface area (TPSA) is 91.7 Å². The van der Waals surface area contributed by atoms with Gasteiger partial charge in [0.2, 0.25) is 0 Å². The first-order chi connectivity index (χ1) is 11.9. The fraction of sp³-hybridized carbons (Fsp3) is 0.312. The van der Waals surface area contributed by atoms with Gasteiger partial charge in [-0.05, 0) is 30.7 Å². The Morgan fingerprint density at radius 3 is 2.52 bits per heavy atom. The molecule has 1 aromatic rings. The van der Waals surface area contributed by atoms with Crippen LogP contribution in [0.25, 0.3) is 0 Å². The Morgan fingerprint density at radius 1 is 1.32 bits per heavy atom. The average Bonchev–Trinajstić information content (AvgIpc) is 2.53. The Labute approximate surface area is 154 Å². The normalized spacial score (nSPS) is 17.2. The number of imide groups is 1.